The van der Waals surface area contributed by atoms with Crippen LogP contribution in [0.1, 0.15) is 57.7 Å². The third-order valence-electron chi connectivity index (χ3n) is 5.84. The first-order valence-corrected chi connectivity index (χ1v) is 10.4. The summed E-state index contributed by atoms with van der Waals surface area (Å²) < 4.78 is 14.6. The van der Waals surface area contributed by atoms with Gasteiger partial charge in [0.05, 0.1) is 19.8 Å². The molecular weight excluding hydrogens is 398 g/mol. The Hall–Kier alpha value is -2.42. The van der Waals surface area contributed by atoms with E-state index in [1.165, 1.54) is 33.5 Å². The van der Waals surface area contributed by atoms with E-state index < -0.39 is 24.5 Å². The topological polar surface area (TPSA) is 108 Å². The minimum Gasteiger partial charge on any atom is -0.465 e. The number of anilines is 1. The van der Waals surface area contributed by atoms with Crippen molar-refractivity contribution in [1.29, 1.82) is 0 Å². The van der Waals surface area contributed by atoms with Crippen molar-refractivity contribution in [3.05, 3.63) is 16.0 Å². The molecule has 0 unspecified atom stereocenters. The molecule has 1 aromatic heterocycles. The molecule has 2 saturated carbocycles. The van der Waals surface area contributed by atoms with Crippen molar-refractivity contribution >= 4 is 40.2 Å². The first-order valence-electron chi connectivity index (χ1n) is 9.59. The molecule has 0 radical (unpaired) electrons. The van der Waals surface area contributed by atoms with Gasteiger partial charge in [-0.25, -0.2) is 9.59 Å². The van der Waals surface area contributed by atoms with E-state index in [-0.39, 0.29) is 21.4 Å². The zero-order valence-corrected chi connectivity index (χ0v) is 17.6. The molecule has 1 amide bonds. The van der Waals surface area contributed by atoms with Gasteiger partial charge in [0.2, 0.25) is 0 Å². The number of methoxy groups -OCH3 is 2. The Bertz CT molecular complexity index is 831. The Morgan fingerprint density at radius 3 is 2.38 bits per heavy atom. The maximum Gasteiger partial charge on any atom is 0.348 e. The van der Waals surface area contributed by atoms with Gasteiger partial charge in [-0.05, 0) is 49.5 Å². The average molecular weight is 423 g/mol. The van der Waals surface area contributed by atoms with Crippen LogP contribution in [0.5, 0.6) is 0 Å². The van der Waals surface area contributed by atoms with Crippen LogP contribution >= 0.6 is 11.3 Å². The smallest absolute Gasteiger partial charge is 0.348 e. The van der Waals surface area contributed by atoms with Crippen LogP contribution in [-0.2, 0) is 23.8 Å². The highest BCUT2D eigenvalue weighted by Crippen LogP contribution is 2.49. The number of amides is 1. The summed E-state index contributed by atoms with van der Waals surface area (Å²) in [6.45, 7) is 1.12. The van der Waals surface area contributed by atoms with Gasteiger partial charge in [-0.1, -0.05) is 6.42 Å². The molecule has 158 valence electrons. The second-order valence-corrected chi connectivity index (χ2v) is 8.61. The lowest BCUT2D eigenvalue weighted by Gasteiger charge is -2.20. The molecule has 1 aromatic rings. The van der Waals surface area contributed by atoms with Crippen LogP contribution in [0.25, 0.3) is 0 Å². The second kappa shape index (κ2) is 8.94. The summed E-state index contributed by atoms with van der Waals surface area (Å²) in [4.78, 5) is 48.5. The van der Waals surface area contributed by atoms with Crippen molar-refractivity contribution in [2.24, 2.45) is 17.8 Å². The van der Waals surface area contributed by atoms with Gasteiger partial charge in [0, 0.05) is 6.42 Å². The molecule has 3 atom stereocenters. The van der Waals surface area contributed by atoms with Crippen LogP contribution < -0.4 is 5.32 Å². The lowest BCUT2D eigenvalue weighted by molar-refractivity contribution is -0.148. The number of thiophene rings is 1. The molecule has 2 aliphatic rings. The van der Waals surface area contributed by atoms with Crippen molar-refractivity contribution in [3.63, 3.8) is 0 Å². The molecule has 1 N–H and O–H groups in total. The van der Waals surface area contributed by atoms with E-state index in [4.69, 9.17) is 14.2 Å². The van der Waals surface area contributed by atoms with E-state index in [2.05, 4.69) is 5.32 Å². The van der Waals surface area contributed by atoms with Crippen LogP contribution in [0.15, 0.2) is 0 Å². The van der Waals surface area contributed by atoms with Crippen molar-refractivity contribution in [1.82, 2.24) is 0 Å². The molecular formula is C20H25NO7S. The summed E-state index contributed by atoms with van der Waals surface area (Å²) in [5, 5.41) is 2.69. The number of esters is 3. The zero-order chi connectivity index (χ0) is 21.1. The summed E-state index contributed by atoms with van der Waals surface area (Å²) in [5.41, 5.74) is 0.442. The lowest BCUT2D eigenvalue weighted by atomic mass is 9.86. The fraction of sp³-hybridized carbons (Fsp3) is 0.600. The largest absolute Gasteiger partial charge is 0.465 e. The Morgan fingerprint density at radius 1 is 1.07 bits per heavy atom. The molecule has 29 heavy (non-hydrogen) atoms. The lowest BCUT2D eigenvalue weighted by Crippen LogP contribution is -2.23. The first-order chi connectivity index (χ1) is 13.8. The molecule has 8 nitrogen and oxygen atoms in total. The van der Waals surface area contributed by atoms with Gasteiger partial charge >= 0.3 is 17.9 Å². The van der Waals surface area contributed by atoms with E-state index in [1.807, 2.05) is 0 Å². The Labute approximate surface area is 172 Å². The minimum absolute atomic E-state index is 0.0829. The molecule has 0 saturated heterocycles. The first kappa shape index (κ1) is 21.3. The van der Waals surface area contributed by atoms with Gasteiger partial charge in [0.15, 0.2) is 6.61 Å². The second-order valence-electron chi connectivity index (χ2n) is 7.59. The Kier molecular flexibility index (Phi) is 6.56. The van der Waals surface area contributed by atoms with Crippen molar-refractivity contribution in [2.45, 2.75) is 39.0 Å². The number of rotatable bonds is 7. The molecule has 2 aliphatic carbocycles. The number of hydrogen-bond donors (Lipinski definition) is 1. The third kappa shape index (κ3) is 4.60. The highest BCUT2D eigenvalue weighted by molar-refractivity contribution is 7.18. The molecule has 3 rings (SSSR count). The van der Waals surface area contributed by atoms with Crippen LogP contribution in [0.4, 0.5) is 5.00 Å². The maximum atomic E-state index is 12.3. The normalized spacial score (nSPS) is 22.2. The number of nitrogens with one attached hydrogen (secondary N) is 1. The van der Waals surface area contributed by atoms with Crippen LogP contribution in [0.3, 0.4) is 0 Å². The Balaban J connectivity index is 1.58. The van der Waals surface area contributed by atoms with Gasteiger partial charge in [-0.2, -0.15) is 0 Å². The van der Waals surface area contributed by atoms with Crippen molar-refractivity contribution in [2.75, 3.05) is 26.1 Å². The molecule has 0 aromatic carbocycles. The summed E-state index contributed by atoms with van der Waals surface area (Å²) >= 11 is 0.912. The predicted octanol–water partition coefficient (Wildman–Crippen LogP) is 2.94. The molecule has 9 heteroatoms. The van der Waals surface area contributed by atoms with Crippen LogP contribution in [-0.4, -0.2) is 44.6 Å². The van der Waals surface area contributed by atoms with E-state index in [0.717, 1.165) is 23.7 Å². The molecule has 2 bridgehead atoms. The number of hydrogen-bond acceptors (Lipinski definition) is 8. The number of fused-ring (bicyclic) bond motifs is 2. The standard InChI is InChI=1S/C20H25NO7S/c1-10-16(19(24)26-2)18(29-17(10)20(25)27-3)21-14(22)9-28-15(23)8-13-7-11-4-5-12(13)6-11/h11-13H,4-9H2,1-3H3,(H,21,22)/t11-,12-,13-/m1/s1. The monoisotopic (exact) mass is 423 g/mol. The number of carbonyl (C=O) groups excluding carboxylic acids is 4. The highest BCUT2D eigenvalue weighted by Gasteiger charge is 2.40. The number of ether oxygens (including phenoxy) is 3. The molecule has 2 fully saturated rings. The maximum absolute atomic E-state index is 12.3. The molecule has 0 aliphatic heterocycles. The number of carbonyl (C=O) groups is 4. The zero-order valence-electron chi connectivity index (χ0n) is 16.7. The fourth-order valence-corrected chi connectivity index (χ4v) is 5.57. The summed E-state index contributed by atoms with van der Waals surface area (Å²) in [6.07, 6.45) is 5.05. The van der Waals surface area contributed by atoms with Gasteiger partial charge in [0.1, 0.15) is 9.88 Å². The average Bonchev–Trinajstić information content (AvgIpc) is 3.40. The van der Waals surface area contributed by atoms with E-state index >= 15 is 0 Å². The molecule has 0 spiro atoms. The Morgan fingerprint density at radius 2 is 1.79 bits per heavy atom. The molecule has 1 heterocycles. The SMILES string of the molecule is COC(=O)c1sc(NC(=O)COC(=O)C[C@H]2C[C@@H]3CC[C@@H]2C3)c(C(=O)OC)c1C. The summed E-state index contributed by atoms with van der Waals surface area (Å²) in [5.74, 6) is -0.568. The van der Waals surface area contributed by atoms with Gasteiger partial charge in [0.25, 0.3) is 5.91 Å². The van der Waals surface area contributed by atoms with Crippen LogP contribution in [0.2, 0.25) is 0 Å². The van der Waals surface area contributed by atoms with Crippen LogP contribution in [0, 0.1) is 24.7 Å². The van der Waals surface area contributed by atoms with Crippen molar-refractivity contribution < 1.29 is 33.4 Å². The minimum atomic E-state index is -0.683. The summed E-state index contributed by atoms with van der Waals surface area (Å²) in [7, 11) is 2.44. The third-order valence-corrected chi connectivity index (χ3v) is 7.02. The van der Waals surface area contributed by atoms with E-state index in [1.54, 1.807) is 6.92 Å². The highest BCUT2D eigenvalue weighted by atomic mass is 32.1. The van der Waals surface area contributed by atoms with Gasteiger partial charge < -0.3 is 19.5 Å². The quantitative estimate of drug-likeness (QED) is 0.531. The van der Waals surface area contributed by atoms with Gasteiger partial charge in [-0.3, -0.25) is 9.59 Å². The summed E-state index contributed by atoms with van der Waals surface area (Å²) in [6, 6.07) is 0. The van der Waals surface area contributed by atoms with E-state index in [0.29, 0.717) is 23.8 Å². The fourth-order valence-electron chi connectivity index (χ4n) is 4.45. The predicted molar refractivity (Wildman–Crippen MR) is 105 cm³/mol. The van der Waals surface area contributed by atoms with Crippen molar-refractivity contribution in [3.8, 4) is 0 Å². The van der Waals surface area contributed by atoms with E-state index in [9.17, 15) is 19.2 Å². The van der Waals surface area contributed by atoms with Gasteiger partial charge in [-0.15, -0.1) is 11.3 Å².